The van der Waals surface area contributed by atoms with E-state index in [1.165, 1.54) is 24.2 Å². The van der Waals surface area contributed by atoms with Crippen molar-refractivity contribution in [1.82, 2.24) is 20.6 Å². The van der Waals surface area contributed by atoms with Gasteiger partial charge in [-0.2, -0.15) is 0 Å². The molecule has 1 fully saturated rings. The molecule has 0 saturated carbocycles. The maximum Gasteiger partial charge on any atom is 0.263 e. The van der Waals surface area contributed by atoms with Gasteiger partial charge in [0.15, 0.2) is 5.89 Å². The topological polar surface area (TPSA) is 80.0 Å². The number of piperidine rings is 1. The molecule has 7 heteroatoms. The molecule has 0 unspecified atom stereocenters. The van der Waals surface area contributed by atoms with E-state index in [1.54, 1.807) is 13.2 Å². The maximum atomic E-state index is 12.3. The van der Waals surface area contributed by atoms with E-state index in [1.807, 2.05) is 6.92 Å². The number of amides is 1. The fourth-order valence-electron chi connectivity index (χ4n) is 2.82. The summed E-state index contributed by atoms with van der Waals surface area (Å²) in [7, 11) is 0. The number of rotatable bonds is 5. The minimum Gasteiger partial charge on any atom is -0.449 e. The standard InChI is InChI=1S/C16H22N4O2S/c1-10-15(16(21)18-8-13-9-22-11(2)20-13)23-14(19-10)7-12-3-5-17-6-4-12/h9,12,17H,3-8H2,1-2H3,(H,18,21). The van der Waals surface area contributed by atoms with E-state index in [-0.39, 0.29) is 5.91 Å². The molecule has 6 nitrogen and oxygen atoms in total. The summed E-state index contributed by atoms with van der Waals surface area (Å²) in [4.78, 5) is 21.8. The molecular formula is C16H22N4O2S. The van der Waals surface area contributed by atoms with Crippen molar-refractivity contribution in [2.45, 2.75) is 39.7 Å². The Balaban J connectivity index is 1.59. The molecule has 23 heavy (non-hydrogen) atoms. The van der Waals surface area contributed by atoms with Crippen LogP contribution in [0.15, 0.2) is 10.7 Å². The summed E-state index contributed by atoms with van der Waals surface area (Å²) in [6.07, 6.45) is 4.91. The van der Waals surface area contributed by atoms with E-state index in [0.29, 0.717) is 23.2 Å². The van der Waals surface area contributed by atoms with Gasteiger partial charge in [-0.05, 0) is 38.8 Å². The fourth-order valence-corrected chi connectivity index (χ4v) is 3.92. The minimum absolute atomic E-state index is 0.0859. The summed E-state index contributed by atoms with van der Waals surface area (Å²) in [5, 5.41) is 7.33. The Hall–Kier alpha value is -1.73. The van der Waals surface area contributed by atoms with Crippen molar-refractivity contribution in [3.63, 3.8) is 0 Å². The molecule has 1 saturated heterocycles. The Morgan fingerprint density at radius 2 is 2.17 bits per heavy atom. The van der Waals surface area contributed by atoms with Gasteiger partial charge in [0.05, 0.1) is 22.9 Å². The number of hydrogen-bond acceptors (Lipinski definition) is 6. The van der Waals surface area contributed by atoms with Crippen molar-refractivity contribution >= 4 is 17.2 Å². The van der Waals surface area contributed by atoms with Gasteiger partial charge in [-0.25, -0.2) is 9.97 Å². The van der Waals surface area contributed by atoms with Gasteiger partial charge < -0.3 is 15.1 Å². The molecule has 2 aromatic heterocycles. The van der Waals surface area contributed by atoms with Crippen LogP contribution >= 0.6 is 11.3 Å². The van der Waals surface area contributed by atoms with Crippen LogP contribution < -0.4 is 10.6 Å². The average Bonchev–Trinajstić information content (AvgIpc) is 3.12. The van der Waals surface area contributed by atoms with Crippen LogP contribution in [-0.2, 0) is 13.0 Å². The predicted molar refractivity (Wildman–Crippen MR) is 88.6 cm³/mol. The first-order valence-corrected chi connectivity index (χ1v) is 8.79. The van der Waals surface area contributed by atoms with Gasteiger partial charge in [0, 0.05) is 13.3 Å². The summed E-state index contributed by atoms with van der Waals surface area (Å²) in [6.45, 7) is 6.22. The van der Waals surface area contributed by atoms with Crippen molar-refractivity contribution in [1.29, 1.82) is 0 Å². The number of nitrogens with zero attached hydrogens (tertiary/aromatic N) is 2. The van der Waals surface area contributed by atoms with Crippen LogP contribution in [0.2, 0.25) is 0 Å². The molecule has 0 atom stereocenters. The first-order chi connectivity index (χ1) is 11.1. The molecule has 0 aliphatic carbocycles. The molecule has 2 aromatic rings. The first-order valence-electron chi connectivity index (χ1n) is 7.98. The molecule has 3 rings (SSSR count). The van der Waals surface area contributed by atoms with E-state index in [2.05, 4.69) is 20.6 Å². The van der Waals surface area contributed by atoms with Crippen LogP contribution in [0.4, 0.5) is 0 Å². The van der Waals surface area contributed by atoms with Crippen LogP contribution in [0.25, 0.3) is 0 Å². The SMILES string of the molecule is Cc1nc(CNC(=O)c2sc(CC3CCNCC3)nc2C)co1. The number of carbonyl (C=O) groups is 1. The molecule has 0 spiro atoms. The Bertz CT molecular complexity index is 673. The van der Waals surface area contributed by atoms with Crippen molar-refractivity contribution < 1.29 is 9.21 Å². The fraction of sp³-hybridized carbons (Fsp3) is 0.562. The number of aryl methyl sites for hydroxylation is 2. The third kappa shape index (κ3) is 4.17. The van der Waals surface area contributed by atoms with Crippen LogP contribution in [0.5, 0.6) is 0 Å². The highest BCUT2D eigenvalue weighted by atomic mass is 32.1. The Labute approximate surface area is 139 Å². The van der Waals surface area contributed by atoms with Gasteiger partial charge in [-0.15, -0.1) is 11.3 Å². The van der Waals surface area contributed by atoms with E-state index < -0.39 is 0 Å². The van der Waals surface area contributed by atoms with Crippen LogP contribution in [0.3, 0.4) is 0 Å². The molecule has 124 valence electrons. The second kappa shape index (κ2) is 7.23. The molecule has 1 aliphatic rings. The number of aromatic nitrogens is 2. The lowest BCUT2D eigenvalue weighted by Crippen LogP contribution is -2.28. The monoisotopic (exact) mass is 334 g/mol. The zero-order valence-corrected chi connectivity index (χ0v) is 14.3. The molecular weight excluding hydrogens is 312 g/mol. The normalized spacial score (nSPS) is 15.7. The zero-order chi connectivity index (χ0) is 16.2. The van der Waals surface area contributed by atoms with Gasteiger partial charge in [0.25, 0.3) is 5.91 Å². The third-order valence-corrected chi connectivity index (χ3v) is 5.24. The summed E-state index contributed by atoms with van der Waals surface area (Å²) in [5.74, 6) is 1.19. The first kappa shape index (κ1) is 16.1. The van der Waals surface area contributed by atoms with Crippen LogP contribution in [0, 0.1) is 19.8 Å². The smallest absolute Gasteiger partial charge is 0.263 e. The molecule has 0 radical (unpaired) electrons. The molecule has 0 aromatic carbocycles. The lowest BCUT2D eigenvalue weighted by Gasteiger charge is -2.21. The maximum absolute atomic E-state index is 12.3. The van der Waals surface area contributed by atoms with Gasteiger partial charge in [-0.1, -0.05) is 0 Å². The number of oxazole rings is 1. The average molecular weight is 334 g/mol. The zero-order valence-electron chi connectivity index (χ0n) is 13.5. The lowest BCUT2D eigenvalue weighted by atomic mass is 9.95. The van der Waals surface area contributed by atoms with Crippen molar-refractivity contribution in [2.24, 2.45) is 5.92 Å². The highest BCUT2D eigenvalue weighted by Crippen LogP contribution is 2.24. The minimum atomic E-state index is -0.0859. The summed E-state index contributed by atoms with van der Waals surface area (Å²) >= 11 is 1.51. The van der Waals surface area contributed by atoms with Crippen molar-refractivity contribution in [3.05, 3.63) is 33.4 Å². The van der Waals surface area contributed by atoms with Gasteiger partial charge >= 0.3 is 0 Å². The molecule has 1 amide bonds. The largest absolute Gasteiger partial charge is 0.449 e. The highest BCUT2D eigenvalue weighted by molar-refractivity contribution is 7.13. The van der Waals surface area contributed by atoms with Crippen LogP contribution in [0.1, 0.15) is 44.8 Å². The second-order valence-corrected chi connectivity index (χ2v) is 7.04. The molecule has 2 N–H and O–H groups in total. The number of thiazole rings is 1. The number of hydrogen-bond donors (Lipinski definition) is 2. The quantitative estimate of drug-likeness (QED) is 0.876. The lowest BCUT2D eigenvalue weighted by molar-refractivity contribution is 0.0953. The number of carbonyl (C=O) groups excluding carboxylic acids is 1. The van der Waals surface area contributed by atoms with Crippen LogP contribution in [-0.4, -0.2) is 29.0 Å². The predicted octanol–water partition coefficient (Wildman–Crippen LogP) is 2.22. The van der Waals surface area contributed by atoms with E-state index in [4.69, 9.17) is 4.42 Å². The molecule has 0 bridgehead atoms. The van der Waals surface area contributed by atoms with E-state index >= 15 is 0 Å². The van der Waals surface area contributed by atoms with E-state index in [0.717, 1.165) is 35.9 Å². The molecule has 3 heterocycles. The third-order valence-electron chi connectivity index (χ3n) is 4.07. The summed E-state index contributed by atoms with van der Waals surface area (Å²) < 4.78 is 5.14. The Kier molecular flexibility index (Phi) is 5.07. The Morgan fingerprint density at radius 3 is 2.87 bits per heavy atom. The summed E-state index contributed by atoms with van der Waals surface area (Å²) in [6, 6.07) is 0. The Morgan fingerprint density at radius 1 is 1.39 bits per heavy atom. The van der Waals surface area contributed by atoms with Crippen molar-refractivity contribution in [2.75, 3.05) is 13.1 Å². The molecule has 1 aliphatic heterocycles. The highest BCUT2D eigenvalue weighted by Gasteiger charge is 2.19. The van der Waals surface area contributed by atoms with E-state index in [9.17, 15) is 4.79 Å². The van der Waals surface area contributed by atoms with Gasteiger partial charge in [-0.3, -0.25) is 4.79 Å². The van der Waals surface area contributed by atoms with Gasteiger partial charge in [0.2, 0.25) is 0 Å². The van der Waals surface area contributed by atoms with Crippen molar-refractivity contribution in [3.8, 4) is 0 Å². The summed E-state index contributed by atoms with van der Waals surface area (Å²) in [5.41, 5.74) is 1.54. The number of nitrogens with one attached hydrogen (secondary N) is 2. The second-order valence-electron chi connectivity index (χ2n) is 5.96. The van der Waals surface area contributed by atoms with Gasteiger partial charge in [0.1, 0.15) is 11.1 Å².